The fraction of sp³-hybridized carbons (Fsp3) is 0.257. The van der Waals surface area contributed by atoms with Crippen molar-refractivity contribution in [3.8, 4) is 5.75 Å². The van der Waals surface area contributed by atoms with E-state index in [0.717, 1.165) is 17.7 Å². The molecule has 0 spiro atoms. The topological polar surface area (TPSA) is 96.0 Å². The molecule has 0 radical (unpaired) electrons. The van der Waals surface area contributed by atoms with Crippen LogP contribution in [0.2, 0.25) is 0 Å². The molecule has 4 aromatic rings. The van der Waals surface area contributed by atoms with Crippen LogP contribution >= 0.6 is 0 Å². The molecule has 47 heavy (non-hydrogen) atoms. The Labute approximate surface area is 272 Å². The van der Waals surface area contributed by atoms with E-state index in [0.29, 0.717) is 21.7 Å². The molecule has 0 fully saturated rings. The van der Waals surface area contributed by atoms with Crippen LogP contribution in [0.25, 0.3) is 0 Å². The van der Waals surface area contributed by atoms with Gasteiger partial charge in [0, 0.05) is 19.0 Å². The summed E-state index contributed by atoms with van der Waals surface area (Å²) in [6.07, 6.45) is -4.68. The van der Waals surface area contributed by atoms with E-state index < -0.39 is 46.2 Å². The van der Waals surface area contributed by atoms with Crippen molar-refractivity contribution in [2.24, 2.45) is 0 Å². The highest BCUT2D eigenvalue weighted by molar-refractivity contribution is 7.92. The Bertz CT molecular complexity index is 1770. The van der Waals surface area contributed by atoms with E-state index in [1.807, 2.05) is 6.07 Å². The van der Waals surface area contributed by atoms with Gasteiger partial charge < -0.3 is 15.0 Å². The van der Waals surface area contributed by atoms with Crippen molar-refractivity contribution >= 4 is 27.5 Å². The molecule has 0 aliphatic rings. The number of amides is 2. The third kappa shape index (κ3) is 9.13. The van der Waals surface area contributed by atoms with Gasteiger partial charge in [-0.15, -0.1) is 0 Å². The highest BCUT2D eigenvalue weighted by Gasteiger charge is 2.36. The van der Waals surface area contributed by atoms with Gasteiger partial charge in [0.1, 0.15) is 18.3 Å². The molecule has 2 amide bonds. The predicted molar refractivity (Wildman–Crippen MR) is 173 cm³/mol. The first-order valence-corrected chi connectivity index (χ1v) is 16.3. The molecule has 0 aromatic heterocycles. The standard InChI is InChI=1S/C35H36F3N3O5S/c1-25(2)39-34(43)32(21-26-12-6-4-7-13-26)40(23-27-14-10-17-30(20-27)46-3)33(42)24-41(47(44,45)31-18-8-5-9-19-31)29-16-11-15-28(22-29)35(36,37)38/h4-20,22,25,32H,21,23-24H2,1-3H3,(H,39,43)/t32-/m0/s1. The van der Waals surface area contributed by atoms with Crippen LogP contribution < -0.4 is 14.4 Å². The number of carbonyl (C=O) groups is 2. The van der Waals surface area contributed by atoms with Crippen LogP contribution in [0.4, 0.5) is 18.9 Å². The number of ether oxygens (including phenoxy) is 1. The molecule has 4 aromatic carbocycles. The van der Waals surface area contributed by atoms with Gasteiger partial charge in [-0.25, -0.2) is 8.42 Å². The maximum Gasteiger partial charge on any atom is 0.416 e. The third-order valence-electron chi connectivity index (χ3n) is 7.26. The summed E-state index contributed by atoms with van der Waals surface area (Å²) in [5.74, 6) is -0.778. The molecule has 0 unspecified atom stereocenters. The highest BCUT2D eigenvalue weighted by atomic mass is 32.2. The summed E-state index contributed by atoms with van der Waals surface area (Å²) >= 11 is 0. The molecule has 0 saturated heterocycles. The number of carbonyl (C=O) groups excluding carboxylic acids is 2. The van der Waals surface area contributed by atoms with Crippen LogP contribution in [0.15, 0.2) is 114 Å². The van der Waals surface area contributed by atoms with E-state index >= 15 is 0 Å². The summed E-state index contributed by atoms with van der Waals surface area (Å²) in [4.78, 5) is 29.3. The van der Waals surface area contributed by atoms with Crippen LogP contribution in [-0.2, 0) is 38.8 Å². The predicted octanol–water partition coefficient (Wildman–Crippen LogP) is 6.07. The zero-order valence-electron chi connectivity index (χ0n) is 26.1. The molecular formula is C35H36F3N3O5S. The summed E-state index contributed by atoms with van der Waals surface area (Å²) in [5, 5.41) is 2.86. The largest absolute Gasteiger partial charge is 0.497 e. The van der Waals surface area contributed by atoms with Gasteiger partial charge in [-0.05, 0) is 67.4 Å². The lowest BCUT2D eigenvalue weighted by Gasteiger charge is -2.34. The van der Waals surface area contributed by atoms with Gasteiger partial charge in [0.2, 0.25) is 11.8 Å². The minimum absolute atomic E-state index is 0.0874. The molecule has 0 aliphatic heterocycles. The van der Waals surface area contributed by atoms with Crippen LogP contribution in [0, 0.1) is 0 Å². The van der Waals surface area contributed by atoms with Gasteiger partial charge in [-0.3, -0.25) is 13.9 Å². The number of sulfonamides is 1. The zero-order chi connectivity index (χ0) is 34.2. The minimum Gasteiger partial charge on any atom is -0.497 e. The van der Waals surface area contributed by atoms with Crippen LogP contribution in [0.3, 0.4) is 0 Å². The fourth-order valence-corrected chi connectivity index (χ4v) is 6.42. The average molecular weight is 668 g/mol. The smallest absolute Gasteiger partial charge is 0.416 e. The third-order valence-corrected chi connectivity index (χ3v) is 9.05. The number of nitrogens with zero attached hydrogens (tertiary/aromatic N) is 2. The van der Waals surface area contributed by atoms with Gasteiger partial charge in [0.15, 0.2) is 0 Å². The first kappa shape index (κ1) is 35.0. The molecule has 1 N–H and O–H groups in total. The van der Waals surface area contributed by atoms with Gasteiger partial charge in [-0.1, -0.05) is 66.7 Å². The molecule has 0 heterocycles. The number of anilines is 1. The second-order valence-electron chi connectivity index (χ2n) is 11.1. The second-order valence-corrected chi connectivity index (χ2v) is 13.0. The lowest BCUT2D eigenvalue weighted by molar-refractivity contribution is -0.140. The summed E-state index contributed by atoms with van der Waals surface area (Å²) < 4.78 is 75.3. The van der Waals surface area contributed by atoms with Crippen LogP contribution in [0.5, 0.6) is 5.75 Å². The Morgan fingerprint density at radius 1 is 0.830 bits per heavy atom. The van der Waals surface area contributed by atoms with E-state index in [2.05, 4.69) is 5.32 Å². The molecule has 1 atom stereocenters. The Morgan fingerprint density at radius 3 is 2.06 bits per heavy atom. The summed E-state index contributed by atoms with van der Waals surface area (Å²) in [6, 6.07) is 25.4. The molecular weight excluding hydrogens is 631 g/mol. The number of rotatable bonds is 13. The summed E-state index contributed by atoms with van der Waals surface area (Å²) in [5.41, 5.74) is -0.108. The maximum absolute atomic E-state index is 14.5. The molecule has 4 rings (SSSR count). The average Bonchev–Trinajstić information content (AvgIpc) is 3.05. The highest BCUT2D eigenvalue weighted by Crippen LogP contribution is 2.33. The van der Waals surface area contributed by atoms with Crippen LogP contribution in [0.1, 0.15) is 30.5 Å². The molecule has 8 nitrogen and oxygen atoms in total. The monoisotopic (exact) mass is 667 g/mol. The van der Waals surface area contributed by atoms with Crippen molar-refractivity contribution in [1.29, 1.82) is 0 Å². The second kappa shape index (κ2) is 15.2. The molecule has 0 bridgehead atoms. The number of hydrogen-bond donors (Lipinski definition) is 1. The van der Waals surface area contributed by atoms with Gasteiger partial charge in [0.05, 0.1) is 23.3 Å². The van der Waals surface area contributed by atoms with Crippen molar-refractivity contribution in [1.82, 2.24) is 10.2 Å². The minimum atomic E-state index is -4.77. The normalized spacial score (nSPS) is 12.3. The Hall–Kier alpha value is -4.84. The summed E-state index contributed by atoms with van der Waals surface area (Å²) in [6.45, 7) is 2.53. The van der Waals surface area contributed by atoms with E-state index in [1.54, 1.807) is 68.4 Å². The zero-order valence-corrected chi connectivity index (χ0v) is 27.0. The van der Waals surface area contributed by atoms with Gasteiger partial charge in [0.25, 0.3) is 10.0 Å². The van der Waals surface area contributed by atoms with E-state index in [4.69, 9.17) is 4.74 Å². The van der Waals surface area contributed by atoms with E-state index in [1.165, 1.54) is 42.3 Å². The van der Waals surface area contributed by atoms with Crippen LogP contribution in [-0.4, -0.2) is 50.9 Å². The van der Waals surface area contributed by atoms with Crippen molar-refractivity contribution in [2.75, 3.05) is 18.0 Å². The van der Waals surface area contributed by atoms with Crippen molar-refractivity contribution in [3.63, 3.8) is 0 Å². The number of hydrogen-bond acceptors (Lipinski definition) is 5. The Morgan fingerprint density at radius 2 is 1.45 bits per heavy atom. The lowest BCUT2D eigenvalue weighted by atomic mass is 10.0. The summed E-state index contributed by atoms with van der Waals surface area (Å²) in [7, 11) is -3.07. The number of halogens is 3. The number of alkyl halides is 3. The Kier molecular flexibility index (Phi) is 11.3. The number of benzene rings is 4. The SMILES string of the molecule is COc1cccc(CN(C(=O)CN(c2cccc(C(F)(F)F)c2)S(=O)(=O)c2ccccc2)[C@@H](Cc2ccccc2)C(=O)NC(C)C)c1. The number of nitrogens with one attached hydrogen (secondary N) is 1. The van der Waals surface area contributed by atoms with Gasteiger partial charge in [-0.2, -0.15) is 13.2 Å². The Balaban J connectivity index is 1.85. The molecule has 248 valence electrons. The fourth-order valence-electron chi connectivity index (χ4n) is 4.99. The van der Waals surface area contributed by atoms with Crippen molar-refractivity contribution in [3.05, 3.63) is 126 Å². The number of methoxy groups -OCH3 is 1. The lowest BCUT2D eigenvalue weighted by Crippen LogP contribution is -2.54. The molecule has 0 saturated carbocycles. The quantitative estimate of drug-likeness (QED) is 0.187. The first-order valence-electron chi connectivity index (χ1n) is 14.8. The molecule has 12 heteroatoms. The van der Waals surface area contributed by atoms with Crippen molar-refractivity contribution in [2.45, 2.75) is 50.0 Å². The van der Waals surface area contributed by atoms with Gasteiger partial charge >= 0.3 is 6.18 Å². The maximum atomic E-state index is 14.5. The van der Waals surface area contributed by atoms with E-state index in [9.17, 15) is 31.2 Å². The van der Waals surface area contributed by atoms with E-state index in [-0.39, 0.29) is 29.6 Å². The first-order chi connectivity index (χ1) is 22.3. The molecule has 0 aliphatic carbocycles. The van der Waals surface area contributed by atoms with Crippen molar-refractivity contribution < 1.29 is 35.9 Å².